The summed E-state index contributed by atoms with van der Waals surface area (Å²) in [6.07, 6.45) is 20.1. The normalized spacial score (nSPS) is 14.9. The van der Waals surface area contributed by atoms with Gasteiger partial charge in [0.25, 0.3) is 0 Å². The van der Waals surface area contributed by atoms with Crippen LogP contribution in [0.1, 0.15) is 53.9 Å². The first kappa shape index (κ1) is 45.6. The molecular weight excluding hydrogens is 892 g/mol. The van der Waals surface area contributed by atoms with Crippen LogP contribution in [0.4, 0.5) is 11.6 Å². The van der Waals surface area contributed by atoms with Crippen molar-refractivity contribution in [2.24, 2.45) is 17.9 Å². The molecule has 18 nitrogen and oxygen atoms in total. The summed E-state index contributed by atoms with van der Waals surface area (Å²) < 4.78 is 7.26. The Kier molecular flexibility index (Phi) is 12.1. The minimum atomic E-state index is -0.256. The van der Waals surface area contributed by atoms with Crippen LogP contribution in [0, 0.1) is 10.8 Å². The molecule has 2 saturated heterocycles. The molecule has 0 atom stereocenters. The van der Waals surface area contributed by atoms with Crippen LogP contribution < -0.4 is 9.80 Å². The lowest BCUT2D eigenvalue weighted by Crippen LogP contribution is -2.49. The molecule has 10 rings (SSSR count). The Morgan fingerprint density at radius 3 is 1.77 bits per heavy atom. The zero-order valence-corrected chi connectivity index (χ0v) is 40.8. The smallest absolute Gasteiger partial charge is 0.223 e. The van der Waals surface area contributed by atoms with Crippen LogP contribution in [0.2, 0.25) is 5.02 Å². The molecule has 0 aromatic carbocycles. The van der Waals surface area contributed by atoms with E-state index in [2.05, 4.69) is 65.8 Å². The second-order valence-electron chi connectivity index (χ2n) is 20.2. The molecule has 2 amide bonds. The van der Waals surface area contributed by atoms with Crippen molar-refractivity contribution in [3.8, 4) is 45.0 Å². The maximum absolute atomic E-state index is 13.7. The summed E-state index contributed by atoms with van der Waals surface area (Å²) >= 11 is 6.68. The van der Waals surface area contributed by atoms with E-state index in [9.17, 15) is 9.59 Å². The van der Waals surface area contributed by atoms with Crippen molar-refractivity contribution < 1.29 is 9.59 Å². The maximum atomic E-state index is 13.7. The molecule has 2 aliphatic rings. The van der Waals surface area contributed by atoms with Crippen molar-refractivity contribution in [3.05, 3.63) is 97.3 Å². The number of nitrogens with zero attached hydrogens (tertiary/aromatic N) is 16. The molecule has 0 radical (unpaired) electrons. The quantitative estimate of drug-likeness (QED) is 0.123. The van der Waals surface area contributed by atoms with Crippen LogP contribution in [-0.4, -0.2) is 133 Å². The number of rotatable bonds is 12. The van der Waals surface area contributed by atoms with Gasteiger partial charge in [0.2, 0.25) is 11.8 Å². The molecule has 356 valence electrons. The van der Waals surface area contributed by atoms with E-state index in [1.807, 2.05) is 93.7 Å². The highest BCUT2D eigenvalue weighted by Crippen LogP contribution is 2.33. The van der Waals surface area contributed by atoms with Gasteiger partial charge >= 0.3 is 0 Å². The third kappa shape index (κ3) is 9.89. The molecule has 0 N–H and O–H groups in total. The minimum Gasteiger partial charge on any atom is -0.353 e. The van der Waals surface area contributed by atoms with Gasteiger partial charge in [0.05, 0.1) is 70.5 Å². The number of hydrogen-bond acceptors (Lipinski definition) is 12. The van der Waals surface area contributed by atoms with Gasteiger partial charge in [0, 0.05) is 126 Å². The molecule has 2 aliphatic heterocycles. The van der Waals surface area contributed by atoms with Crippen LogP contribution in [0.3, 0.4) is 0 Å². The summed E-state index contributed by atoms with van der Waals surface area (Å²) in [6.45, 7) is 16.7. The molecule has 69 heavy (non-hydrogen) atoms. The van der Waals surface area contributed by atoms with Gasteiger partial charge in [-0.1, -0.05) is 46.2 Å². The van der Waals surface area contributed by atoms with Gasteiger partial charge < -0.3 is 19.6 Å². The Bertz CT molecular complexity index is 3130. The van der Waals surface area contributed by atoms with Gasteiger partial charge in [-0.25, -0.2) is 29.0 Å². The van der Waals surface area contributed by atoms with Crippen molar-refractivity contribution in [2.45, 2.75) is 60.4 Å². The second kappa shape index (κ2) is 18.4. The zero-order chi connectivity index (χ0) is 48.0. The molecule has 10 heterocycles. The minimum absolute atomic E-state index is 0.0384. The van der Waals surface area contributed by atoms with E-state index < -0.39 is 0 Å². The SMILES string of the molecule is Cn1cc(-c2cn3nccc3c(-c3ccc(N4CCN(C(=O)CC(C)(C)CCn5cc(-c6cn7ncc(Cl)c7c(-c7ccc(N8CCN(C(=O)CC(C)(C)C)CC8)nc7)n6)cn5)CC4)nc3)n2)cn1. The predicted octanol–water partition coefficient (Wildman–Crippen LogP) is 7.05. The van der Waals surface area contributed by atoms with E-state index in [1.54, 1.807) is 27.8 Å². The Morgan fingerprint density at radius 2 is 1.17 bits per heavy atom. The highest BCUT2D eigenvalue weighted by atomic mass is 35.5. The lowest BCUT2D eigenvalue weighted by molar-refractivity contribution is -0.134. The third-order valence-electron chi connectivity index (χ3n) is 13.1. The number of aromatic nitrogens is 12. The maximum Gasteiger partial charge on any atom is 0.223 e. The average molecular weight is 950 g/mol. The summed E-state index contributed by atoms with van der Waals surface area (Å²) in [6, 6.07) is 10.1. The number of anilines is 2. The van der Waals surface area contributed by atoms with Crippen molar-refractivity contribution in [2.75, 3.05) is 62.2 Å². The van der Waals surface area contributed by atoms with E-state index in [-0.39, 0.29) is 22.6 Å². The largest absolute Gasteiger partial charge is 0.353 e. The number of hydrogen-bond donors (Lipinski definition) is 0. The Morgan fingerprint density at radius 1 is 0.594 bits per heavy atom. The average Bonchev–Trinajstić information content (AvgIpc) is 4.18. The van der Waals surface area contributed by atoms with E-state index >= 15 is 0 Å². The van der Waals surface area contributed by atoms with Gasteiger partial charge in [0.1, 0.15) is 17.2 Å². The zero-order valence-electron chi connectivity index (χ0n) is 40.0. The van der Waals surface area contributed by atoms with Crippen LogP contribution in [0.15, 0.2) is 92.3 Å². The van der Waals surface area contributed by atoms with Gasteiger partial charge in [-0.2, -0.15) is 20.4 Å². The lowest BCUT2D eigenvalue weighted by Gasteiger charge is -2.37. The lowest BCUT2D eigenvalue weighted by atomic mass is 9.85. The number of pyridine rings is 2. The van der Waals surface area contributed by atoms with Crippen LogP contribution in [0.5, 0.6) is 0 Å². The number of carbonyl (C=O) groups is 2. The fourth-order valence-corrected chi connectivity index (χ4v) is 9.38. The second-order valence-corrected chi connectivity index (χ2v) is 20.6. The summed E-state index contributed by atoms with van der Waals surface area (Å²) in [5.74, 6) is 2.09. The molecule has 0 unspecified atom stereocenters. The molecule has 0 spiro atoms. The first-order chi connectivity index (χ1) is 33.1. The van der Waals surface area contributed by atoms with Crippen molar-refractivity contribution in [1.82, 2.24) is 68.5 Å². The molecule has 8 aromatic heterocycles. The van der Waals surface area contributed by atoms with Crippen LogP contribution in [-0.2, 0) is 23.2 Å². The number of halogens is 1. The molecule has 19 heteroatoms. The number of aryl methyl sites for hydroxylation is 2. The fourth-order valence-electron chi connectivity index (χ4n) is 9.16. The molecule has 2 fully saturated rings. The Hall–Kier alpha value is -7.21. The van der Waals surface area contributed by atoms with Gasteiger partial charge in [-0.3, -0.25) is 19.0 Å². The van der Waals surface area contributed by atoms with E-state index in [4.69, 9.17) is 36.6 Å². The Labute approximate surface area is 405 Å². The van der Waals surface area contributed by atoms with Crippen LogP contribution in [0.25, 0.3) is 56.1 Å². The van der Waals surface area contributed by atoms with Crippen molar-refractivity contribution in [1.29, 1.82) is 0 Å². The van der Waals surface area contributed by atoms with E-state index in [0.717, 1.165) is 70.3 Å². The van der Waals surface area contributed by atoms with Crippen molar-refractivity contribution in [3.63, 3.8) is 0 Å². The monoisotopic (exact) mass is 948 g/mol. The van der Waals surface area contributed by atoms with Gasteiger partial charge in [-0.05, 0) is 47.6 Å². The highest BCUT2D eigenvalue weighted by molar-refractivity contribution is 6.34. The van der Waals surface area contributed by atoms with E-state index in [0.29, 0.717) is 80.6 Å². The van der Waals surface area contributed by atoms with Gasteiger partial charge in [-0.15, -0.1) is 0 Å². The highest BCUT2D eigenvalue weighted by Gasteiger charge is 2.29. The fraction of sp³-hybridized carbons (Fsp3) is 0.400. The molecule has 8 aromatic rings. The first-order valence-electron chi connectivity index (χ1n) is 23.5. The summed E-state index contributed by atoms with van der Waals surface area (Å²) in [5, 5.41) is 18.5. The first-order valence-corrected chi connectivity index (χ1v) is 23.9. The number of carbonyl (C=O) groups excluding carboxylic acids is 2. The molecule has 0 aliphatic carbocycles. The molecule has 0 bridgehead atoms. The van der Waals surface area contributed by atoms with Crippen LogP contribution >= 0.6 is 11.6 Å². The number of fused-ring (bicyclic) bond motifs is 2. The number of piperazine rings is 2. The standard InChI is InChI=1S/C50H57ClN16O2/c1-49(2,3)23-44(68)63-19-15-61(16-20-63)43-10-8-35(26-53-43)47-48-38(51)29-57-67(48)33-40(59-47)37-28-56-65(31-37)14-12-50(4,5)24-45(69)64-21-17-62(18-22-64)42-9-7-34(25-52-42)46-41-11-13-54-66(41)32-39(58-46)36-27-55-60(6)30-36/h7-11,13,25-33H,12,14-24H2,1-6H3. The predicted molar refractivity (Wildman–Crippen MR) is 266 cm³/mol. The molecule has 0 saturated carbocycles. The third-order valence-corrected chi connectivity index (χ3v) is 13.3. The van der Waals surface area contributed by atoms with E-state index in [1.165, 1.54) is 0 Å². The Balaban J connectivity index is 0.736. The topological polar surface area (TPSA) is 169 Å². The summed E-state index contributed by atoms with van der Waals surface area (Å²) in [4.78, 5) is 54.7. The van der Waals surface area contributed by atoms with Gasteiger partial charge in [0.15, 0.2) is 0 Å². The molecular formula is C50H57ClN16O2. The summed E-state index contributed by atoms with van der Waals surface area (Å²) in [5.41, 5.74) is 7.70. The van der Waals surface area contributed by atoms with Crippen molar-refractivity contribution >= 4 is 46.1 Å². The summed E-state index contributed by atoms with van der Waals surface area (Å²) in [7, 11) is 1.89. The number of amides is 2.